The summed E-state index contributed by atoms with van der Waals surface area (Å²) in [5, 5.41) is 0. The maximum Gasteiger partial charge on any atom is 0.508 e. The molecule has 0 radical (unpaired) electrons. The third kappa shape index (κ3) is 10.1. The Morgan fingerprint density at radius 3 is 1.45 bits per heavy atom. The van der Waals surface area contributed by atoms with Crippen LogP contribution in [-0.4, -0.2) is 18.4 Å². The summed E-state index contributed by atoms with van der Waals surface area (Å²) in [4.78, 5) is 11.7. The van der Waals surface area contributed by atoms with Gasteiger partial charge in [-0.2, -0.15) is 0 Å². The molecule has 4 atom stereocenters. The molecular formula is C17H34O3. The number of carbonyl (C=O) groups is 1. The molecule has 120 valence electrons. The number of carbonyl (C=O) groups excluding carboxylic acids is 1. The van der Waals surface area contributed by atoms with E-state index in [0.717, 1.165) is 12.8 Å². The van der Waals surface area contributed by atoms with Gasteiger partial charge in [-0.15, -0.1) is 0 Å². The van der Waals surface area contributed by atoms with Crippen LogP contribution in [0, 0.1) is 11.8 Å². The fraction of sp³-hybridized carbons (Fsp3) is 0.941. The summed E-state index contributed by atoms with van der Waals surface area (Å²) in [5.74, 6) is 1.18. The van der Waals surface area contributed by atoms with Gasteiger partial charge in [0.25, 0.3) is 0 Å². The standard InChI is InChI=1S/C17H34O3/c1-7-9-13(3)11-15(5)19-17(18)20-16(6)12-14(4)10-8-2/h13-16H,7-12H2,1-6H3. The van der Waals surface area contributed by atoms with E-state index in [9.17, 15) is 4.79 Å². The molecular weight excluding hydrogens is 252 g/mol. The summed E-state index contributed by atoms with van der Waals surface area (Å²) in [6.07, 6.45) is 5.86. The highest BCUT2D eigenvalue weighted by Gasteiger charge is 2.17. The Hall–Kier alpha value is -0.730. The Balaban J connectivity index is 3.91. The second kappa shape index (κ2) is 11.0. The lowest BCUT2D eigenvalue weighted by Crippen LogP contribution is -2.23. The lowest BCUT2D eigenvalue weighted by molar-refractivity contribution is -0.00307. The number of hydrogen-bond acceptors (Lipinski definition) is 3. The van der Waals surface area contributed by atoms with Gasteiger partial charge in [-0.25, -0.2) is 4.79 Å². The molecule has 0 aliphatic carbocycles. The quantitative estimate of drug-likeness (QED) is 0.492. The number of rotatable bonds is 10. The molecule has 4 unspecified atom stereocenters. The van der Waals surface area contributed by atoms with E-state index in [1.54, 1.807) is 0 Å². The van der Waals surface area contributed by atoms with Crippen LogP contribution in [0.1, 0.15) is 80.1 Å². The van der Waals surface area contributed by atoms with Crippen LogP contribution in [0.15, 0.2) is 0 Å². The summed E-state index contributed by atoms with van der Waals surface area (Å²) in [6.45, 7) is 12.6. The van der Waals surface area contributed by atoms with Gasteiger partial charge in [-0.1, -0.05) is 53.4 Å². The van der Waals surface area contributed by atoms with E-state index in [0.29, 0.717) is 11.8 Å². The van der Waals surface area contributed by atoms with E-state index >= 15 is 0 Å². The van der Waals surface area contributed by atoms with Crippen LogP contribution in [0.5, 0.6) is 0 Å². The Morgan fingerprint density at radius 1 is 0.800 bits per heavy atom. The molecule has 0 saturated carbocycles. The Kier molecular flexibility index (Phi) is 10.6. The van der Waals surface area contributed by atoms with Crippen LogP contribution in [0.25, 0.3) is 0 Å². The Bertz CT molecular complexity index is 229. The van der Waals surface area contributed by atoms with E-state index in [1.807, 2.05) is 13.8 Å². The van der Waals surface area contributed by atoms with Crippen molar-refractivity contribution in [2.75, 3.05) is 0 Å². The maximum absolute atomic E-state index is 11.7. The van der Waals surface area contributed by atoms with Crippen LogP contribution >= 0.6 is 0 Å². The summed E-state index contributed by atoms with van der Waals surface area (Å²) >= 11 is 0. The normalized spacial score (nSPS) is 17.1. The van der Waals surface area contributed by atoms with Crippen molar-refractivity contribution in [3.05, 3.63) is 0 Å². The molecule has 0 aliphatic rings. The lowest BCUT2D eigenvalue weighted by atomic mass is 9.99. The second-order valence-corrected chi connectivity index (χ2v) is 6.37. The van der Waals surface area contributed by atoms with Crippen LogP contribution in [0.2, 0.25) is 0 Å². The third-order valence-electron chi connectivity index (χ3n) is 3.63. The smallest absolute Gasteiger partial charge is 0.431 e. The zero-order valence-electron chi connectivity index (χ0n) is 14.3. The highest BCUT2D eigenvalue weighted by atomic mass is 16.7. The van der Waals surface area contributed by atoms with Gasteiger partial charge in [0.05, 0.1) is 0 Å². The van der Waals surface area contributed by atoms with Gasteiger partial charge in [0.15, 0.2) is 0 Å². The monoisotopic (exact) mass is 286 g/mol. The first kappa shape index (κ1) is 19.3. The summed E-state index contributed by atoms with van der Waals surface area (Å²) in [7, 11) is 0. The molecule has 0 spiro atoms. The molecule has 0 saturated heterocycles. The number of hydrogen-bond donors (Lipinski definition) is 0. The minimum Gasteiger partial charge on any atom is -0.431 e. The molecule has 0 aromatic rings. The zero-order chi connectivity index (χ0) is 15.5. The highest BCUT2D eigenvalue weighted by Crippen LogP contribution is 2.17. The van der Waals surface area contributed by atoms with Gasteiger partial charge in [0.2, 0.25) is 0 Å². The molecule has 0 rings (SSSR count). The molecule has 0 aromatic carbocycles. The Labute approximate surface area is 125 Å². The van der Waals surface area contributed by atoms with Gasteiger partial charge in [0, 0.05) is 0 Å². The first-order valence-electron chi connectivity index (χ1n) is 8.26. The molecule has 0 aromatic heterocycles. The Morgan fingerprint density at radius 2 is 1.15 bits per heavy atom. The molecule has 0 bridgehead atoms. The van der Waals surface area contributed by atoms with E-state index < -0.39 is 6.16 Å². The fourth-order valence-electron chi connectivity index (χ4n) is 2.81. The largest absolute Gasteiger partial charge is 0.508 e. The van der Waals surface area contributed by atoms with E-state index in [1.165, 1.54) is 25.7 Å². The van der Waals surface area contributed by atoms with Gasteiger partial charge in [0.1, 0.15) is 12.2 Å². The molecule has 3 heteroatoms. The molecule has 0 fully saturated rings. The zero-order valence-corrected chi connectivity index (χ0v) is 14.3. The summed E-state index contributed by atoms with van der Waals surface area (Å²) in [5.41, 5.74) is 0. The van der Waals surface area contributed by atoms with Gasteiger partial charge < -0.3 is 9.47 Å². The average molecular weight is 286 g/mol. The molecule has 0 aliphatic heterocycles. The molecule has 0 N–H and O–H groups in total. The van der Waals surface area contributed by atoms with Crippen LogP contribution < -0.4 is 0 Å². The fourth-order valence-corrected chi connectivity index (χ4v) is 2.81. The second-order valence-electron chi connectivity index (χ2n) is 6.37. The van der Waals surface area contributed by atoms with E-state index in [4.69, 9.17) is 9.47 Å². The summed E-state index contributed by atoms with van der Waals surface area (Å²) < 4.78 is 10.6. The van der Waals surface area contributed by atoms with Crippen molar-refractivity contribution >= 4 is 6.16 Å². The minimum absolute atomic E-state index is 0.0654. The number of ether oxygens (including phenoxy) is 2. The van der Waals surface area contributed by atoms with Crippen molar-refractivity contribution in [2.45, 2.75) is 92.3 Å². The first-order valence-corrected chi connectivity index (χ1v) is 8.26. The van der Waals surface area contributed by atoms with Crippen molar-refractivity contribution in [2.24, 2.45) is 11.8 Å². The average Bonchev–Trinajstić information content (AvgIpc) is 2.27. The van der Waals surface area contributed by atoms with Crippen molar-refractivity contribution in [3.63, 3.8) is 0 Å². The van der Waals surface area contributed by atoms with Crippen molar-refractivity contribution in [1.29, 1.82) is 0 Å². The van der Waals surface area contributed by atoms with Gasteiger partial charge in [-0.05, 0) is 38.5 Å². The predicted octanol–water partition coefficient (Wildman–Crippen LogP) is 5.57. The maximum atomic E-state index is 11.7. The van der Waals surface area contributed by atoms with Crippen molar-refractivity contribution < 1.29 is 14.3 Å². The van der Waals surface area contributed by atoms with Crippen LogP contribution in [-0.2, 0) is 9.47 Å². The molecule has 3 nitrogen and oxygen atoms in total. The topological polar surface area (TPSA) is 35.5 Å². The minimum atomic E-state index is -0.516. The highest BCUT2D eigenvalue weighted by molar-refractivity contribution is 5.60. The van der Waals surface area contributed by atoms with E-state index in [2.05, 4.69) is 27.7 Å². The molecule has 0 amide bonds. The molecule has 0 heterocycles. The SMILES string of the molecule is CCCC(C)CC(C)OC(=O)OC(C)CC(C)CCC. The summed E-state index contributed by atoms with van der Waals surface area (Å²) in [6, 6.07) is 0. The van der Waals surface area contributed by atoms with Gasteiger partial charge >= 0.3 is 6.16 Å². The lowest BCUT2D eigenvalue weighted by Gasteiger charge is -2.20. The van der Waals surface area contributed by atoms with Crippen molar-refractivity contribution in [1.82, 2.24) is 0 Å². The van der Waals surface area contributed by atoms with Gasteiger partial charge in [-0.3, -0.25) is 0 Å². The first-order chi connectivity index (χ1) is 9.38. The third-order valence-corrected chi connectivity index (χ3v) is 3.63. The molecule has 20 heavy (non-hydrogen) atoms. The van der Waals surface area contributed by atoms with Crippen LogP contribution in [0.4, 0.5) is 4.79 Å². The predicted molar refractivity (Wildman–Crippen MR) is 83.9 cm³/mol. The van der Waals surface area contributed by atoms with Crippen molar-refractivity contribution in [3.8, 4) is 0 Å². The van der Waals surface area contributed by atoms with Crippen LogP contribution in [0.3, 0.4) is 0 Å². The van der Waals surface area contributed by atoms with E-state index in [-0.39, 0.29) is 12.2 Å².